The van der Waals surface area contributed by atoms with Gasteiger partial charge in [-0.3, -0.25) is 0 Å². The van der Waals surface area contributed by atoms with E-state index in [1.165, 1.54) is 12.8 Å². The van der Waals surface area contributed by atoms with Crippen molar-refractivity contribution in [3.05, 3.63) is 6.92 Å². The van der Waals surface area contributed by atoms with Crippen molar-refractivity contribution in [3.63, 3.8) is 0 Å². The Kier molecular flexibility index (Phi) is 5.56. The highest BCUT2D eigenvalue weighted by molar-refractivity contribution is 4.85. The van der Waals surface area contributed by atoms with Gasteiger partial charge in [0.05, 0.1) is 0 Å². The average molecular weight is 225 g/mol. The minimum atomic E-state index is 0.400. The molecule has 0 saturated carbocycles. The fourth-order valence-electron chi connectivity index (χ4n) is 3.19. The molecule has 0 fully saturated rings. The van der Waals surface area contributed by atoms with Crippen LogP contribution in [0.25, 0.3) is 0 Å². The van der Waals surface area contributed by atoms with Crippen LogP contribution in [0.3, 0.4) is 0 Å². The number of hydrogen-bond acceptors (Lipinski definition) is 0. The third-order valence-electron chi connectivity index (χ3n) is 3.53. The molecule has 0 nitrogen and oxygen atoms in total. The van der Waals surface area contributed by atoms with Gasteiger partial charge in [0.2, 0.25) is 0 Å². The standard InChI is InChI=1S/C16H33/c1-12(2)10-13(3)11-14(15(4,5)6)16(7,8)9/h12-14H,1,10-11H2,2-9H3. The molecule has 0 spiro atoms. The lowest BCUT2D eigenvalue weighted by Gasteiger charge is -2.42. The number of rotatable bonds is 4. The maximum Gasteiger partial charge on any atom is -0.0314 e. The van der Waals surface area contributed by atoms with E-state index in [9.17, 15) is 0 Å². The van der Waals surface area contributed by atoms with Crippen molar-refractivity contribution in [1.82, 2.24) is 0 Å². The van der Waals surface area contributed by atoms with E-state index in [-0.39, 0.29) is 0 Å². The Morgan fingerprint density at radius 2 is 1.19 bits per heavy atom. The first-order valence-electron chi connectivity index (χ1n) is 6.77. The molecule has 97 valence electrons. The molecule has 0 aromatic carbocycles. The maximum absolute atomic E-state index is 4.11. The molecule has 0 saturated heterocycles. The van der Waals surface area contributed by atoms with Gasteiger partial charge in [-0.1, -0.05) is 62.3 Å². The summed E-state index contributed by atoms with van der Waals surface area (Å²) in [7, 11) is 0. The average Bonchev–Trinajstić information content (AvgIpc) is 1.94. The minimum absolute atomic E-state index is 0.400. The van der Waals surface area contributed by atoms with Gasteiger partial charge in [0.1, 0.15) is 0 Å². The summed E-state index contributed by atoms with van der Waals surface area (Å²) in [4.78, 5) is 0. The summed E-state index contributed by atoms with van der Waals surface area (Å²) in [6, 6.07) is 0. The molecule has 0 aliphatic rings. The quantitative estimate of drug-likeness (QED) is 0.586. The van der Waals surface area contributed by atoms with Crippen LogP contribution in [0.5, 0.6) is 0 Å². The third kappa shape index (κ3) is 5.92. The highest BCUT2D eigenvalue weighted by atomic mass is 14.4. The predicted molar refractivity (Wildman–Crippen MR) is 75.3 cm³/mol. The van der Waals surface area contributed by atoms with Crippen LogP contribution in [0, 0.1) is 35.5 Å². The topological polar surface area (TPSA) is 0 Å². The van der Waals surface area contributed by atoms with Crippen molar-refractivity contribution in [2.24, 2.45) is 28.6 Å². The second-order valence-electron chi connectivity index (χ2n) is 7.97. The molecule has 16 heavy (non-hydrogen) atoms. The Morgan fingerprint density at radius 1 is 0.812 bits per heavy atom. The van der Waals surface area contributed by atoms with Crippen LogP contribution in [0.15, 0.2) is 0 Å². The lowest BCUT2D eigenvalue weighted by Crippen LogP contribution is -2.34. The molecular weight excluding hydrogens is 192 g/mol. The van der Waals surface area contributed by atoms with Gasteiger partial charge in [0, 0.05) is 0 Å². The van der Waals surface area contributed by atoms with Crippen molar-refractivity contribution in [3.8, 4) is 0 Å². The molecule has 0 rings (SSSR count). The third-order valence-corrected chi connectivity index (χ3v) is 3.53. The van der Waals surface area contributed by atoms with Gasteiger partial charge in [-0.2, -0.15) is 0 Å². The first-order chi connectivity index (χ1) is 6.94. The highest BCUT2D eigenvalue weighted by Gasteiger charge is 2.35. The van der Waals surface area contributed by atoms with E-state index >= 15 is 0 Å². The van der Waals surface area contributed by atoms with E-state index in [1.54, 1.807) is 0 Å². The van der Waals surface area contributed by atoms with Gasteiger partial charge in [-0.05, 0) is 41.4 Å². The molecule has 0 bridgehead atoms. The van der Waals surface area contributed by atoms with Gasteiger partial charge < -0.3 is 0 Å². The van der Waals surface area contributed by atoms with Crippen molar-refractivity contribution < 1.29 is 0 Å². The minimum Gasteiger partial charge on any atom is -0.0625 e. The molecule has 0 heteroatoms. The van der Waals surface area contributed by atoms with Crippen LogP contribution in [0.1, 0.15) is 68.2 Å². The van der Waals surface area contributed by atoms with E-state index in [2.05, 4.69) is 62.3 Å². The normalized spacial score (nSPS) is 15.9. The molecule has 0 aliphatic heterocycles. The van der Waals surface area contributed by atoms with Crippen LogP contribution >= 0.6 is 0 Å². The van der Waals surface area contributed by atoms with Gasteiger partial charge in [0.15, 0.2) is 0 Å². The largest absolute Gasteiger partial charge is 0.0625 e. The molecule has 0 N–H and O–H groups in total. The smallest absolute Gasteiger partial charge is 0.0314 e. The van der Waals surface area contributed by atoms with E-state index in [4.69, 9.17) is 0 Å². The van der Waals surface area contributed by atoms with Gasteiger partial charge >= 0.3 is 0 Å². The second-order valence-corrected chi connectivity index (χ2v) is 7.97. The van der Waals surface area contributed by atoms with E-state index < -0.39 is 0 Å². The molecule has 2 atom stereocenters. The lowest BCUT2D eigenvalue weighted by atomic mass is 9.63. The van der Waals surface area contributed by atoms with Gasteiger partial charge in [-0.15, -0.1) is 0 Å². The van der Waals surface area contributed by atoms with Crippen LogP contribution in [-0.2, 0) is 0 Å². The zero-order valence-electron chi connectivity index (χ0n) is 12.9. The van der Waals surface area contributed by atoms with Crippen molar-refractivity contribution in [1.29, 1.82) is 0 Å². The Balaban J connectivity index is 4.58. The molecule has 0 aromatic heterocycles. The Hall–Kier alpha value is 0. The summed E-state index contributed by atoms with van der Waals surface area (Å²) in [6.45, 7) is 23.0. The summed E-state index contributed by atoms with van der Waals surface area (Å²) in [5.74, 6) is 2.14. The highest BCUT2D eigenvalue weighted by Crippen LogP contribution is 2.44. The van der Waals surface area contributed by atoms with Crippen LogP contribution in [0.4, 0.5) is 0 Å². The molecule has 0 aromatic rings. The van der Waals surface area contributed by atoms with E-state index in [1.807, 2.05) is 0 Å². The number of hydrogen-bond donors (Lipinski definition) is 0. The predicted octanol–water partition coefficient (Wildman–Crippen LogP) is 5.58. The van der Waals surface area contributed by atoms with E-state index in [0.29, 0.717) is 16.7 Å². The summed E-state index contributed by atoms with van der Waals surface area (Å²) < 4.78 is 0. The summed E-state index contributed by atoms with van der Waals surface area (Å²) >= 11 is 0. The molecule has 1 radical (unpaired) electrons. The summed E-state index contributed by atoms with van der Waals surface area (Å²) in [6.07, 6.45) is 2.58. The van der Waals surface area contributed by atoms with Gasteiger partial charge in [-0.25, -0.2) is 0 Å². The fraction of sp³-hybridized carbons (Fsp3) is 0.938. The molecule has 0 aliphatic carbocycles. The maximum atomic E-state index is 4.11. The zero-order chi connectivity index (χ0) is 13.1. The first kappa shape index (κ1) is 16.0. The SMILES string of the molecule is [CH2]C(C)CC(C)CC(C(C)(C)C)C(C)(C)C. The van der Waals surface area contributed by atoms with Crippen molar-refractivity contribution in [2.75, 3.05) is 0 Å². The summed E-state index contributed by atoms with van der Waals surface area (Å²) in [5.41, 5.74) is 0.799. The summed E-state index contributed by atoms with van der Waals surface area (Å²) in [5, 5.41) is 0. The molecule has 0 heterocycles. The Morgan fingerprint density at radius 3 is 1.44 bits per heavy atom. The van der Waals surface area contributed by atoms with Crippen LogP contribution < -0.4 is 0 Å². The fourth-order valence-corrected chi connectivity index (χ4v) is 3.19. The molecule has 2 unspecified atom stereocenters. The lowest BCUT2D eigenvalue weighted by molar-refractivity contribution is 0.0745. The Bertz CT molecular complexity index is 173. The van der Waals surface area contributed by atoms with Crippen molar-refractivity contribution in [2.45, 2.75) is 68.2 Å². The second kappa shape index (κ2) is 5.56. The van der Waals surface area contributed by atoms with Crippen molar-refractivity contribution >= 4 is 0 Å². The zero-order valence-corrected chi connectivity index (χ0v) is 12.9. The molecule has 0 amide bonds. The van der Waals surface area contributed by atoms with Crippen LogP contribution in [0.2, 0.25) is 0 Å². The van der Waals surface area contributed by atoms with E-state index in [0.717, 1.165) is 11.8 Å². The van der Waals surface area contributed by atoms with Crippen LogP contribution in [-0.4, -0.2) is 0 Å². The van der Waals surface area contributed by atoms with Gasteiger partial charge in [0.25, 0.3) is 0 Å². The molecular formula is C16H33. The monoisotopic (exact) mass is 225 g/mol. The Labute approximate surface area is 104 Å². The first-order valence-corrected chi connectivity index (χ1v) is 6.77.